The second-order valence-corrected chi connectivity index (χ2v) is 3.22. The Labute approximate surface area is 68.2 Å². The summed E-state index contributed by atoms with van der Waals surface area (Å²) in [5, 5.41) is 6.03. The van der Waals surface area contributed by atoms with Gasteiger partial charge in [-0.25, -0.2) is 4.98 Å². The molecule has 1 aliphatic rings. The molecule has 0 fully saturated rings. The van der Waals surface area contributed by atoms with Gasteiger partial charge in [-0.1, -0.05) is 0 Å². The van der Waals surface area contributed by atoms with Gasteiger partial charge in [0.1, 0.15) is 11.0 Å². The molecule has 1 aromatic rings. The van der Waals surface area contributed by atoms with Gasteiger partial charge >= 0.3 is 0 Å². The summed E-state index contributed by atoms with van der Waals surface area (Å²) in [6.45, 7) is 0.708. The Bertz CT molecular complexity index is 266. The smallest absolute Gasteiger partial charge is 0.189 e. The summed E-state index contributed by atoms with van der Waals surface area (Å²) in [6.07, 6.45) is 1.79. The van der Waals surface area contributed by atoms with Crippen LogP contribution in [-0.4, -0.2) is 17.5 Å². The molecule has 0 saturated heterocycles. The Balaban J connectivity index is 2.11. The Morgan fingerprint density at radius 3 is 3.18 bits per heavy atom. The van der Waals surface area contributed by atoms with E-state index in [1.54, 1.807) is 17.5 Å². The van der Waals surface area contributed by atoms with Crippen LogP contribution in [0.1, 0.15) is 11.0 Å². The van der Waals surface area contributed by atoms with Crippen LogP contribution in [0.25, 0.3) is 0 Å². The highest BCUT2D eigenvalue weighted by Gasteiger charge is 2.18. The average Bonchev–Trinajstić information content (AvgIpc) is 2.55. The van der Waals surface area contributed by atoms with Crippen LogP contribution < -0.4 is 11.1 Å². The molecule has 2 heterocycles. The average molecular weight is 168 g/mol. The number of aromatic nitrogens is 1. The SMILES string of the molecule is NC1=NCC(c2nccs2)N1. The van der Waals surface area contributed by atoms with Gasteiger partial charge in [0.2, 0.25) is 0 Å². The van der Waals surface area contributed by atoms with Crippen molar-refractivity contribution >= 4 is 17.3 Å². The van der Waals surface area contributed by atoms with E-state index in [9.17, 15) is 0 Å². The highest BCUT2D eigenvalue weighted by molar-refractivity contribution is 7.09. The first-order valence-corrected chi connectivity index (χ1v) is 4.20. The molecule has 2 rings (SSSR count). The Morgan fingerprint density at radius 2 is 2.64 bits per heavy atom. The van der Waals surface area contributed by atoms with Crippen molar-refractivity contribution in [1.29, 1.82) is 0 Å². The van der Waals surface area contributed by atoms with Gasteiger partial charge in [-0.05, 0) is 0 Å². The number of thiazole rings is 1. The first-order chi connectivity index (χ1) is 5.36. The van der Waals surface area contributed by atoms with E-state index in [0.717, 1.165) is 5.01 Å². The van der Waals surface area contributed by atoms with E-state index in [1.807, 2.05) is 5.38 Å². The third-order valence-electron chi connectivity index (χ3n) is 1.52. The van der Waals surface area contributed by atoms with E-state index < -0.39 is 0 Å². The number of nitrogens with one attached hydrogen (secondary N) is 1. The molecule has 0 bridgehead atoms. The molecule has 3 N–H and O–H groups in total. The molecule has 11 heavy (non-hydrogen) atoms. The maximum atomic E-state index is 5.45. The lowest BCUT2D eigenvalue weighted by molar-refractivity contribution is 0.701. The minimum absolute atomic E-state index is 0.204. The van der Waals surface area contributed by atoms with E-state index in [4.69, 9.17) is 5.73 Å². The van der Waals surface area contributed by atoms with Crippen LogP contribution in [0.15, 0.2) is 16.6 Å². The number of nitrogens with two attached hydrogens (primary N) is 1. The van der Waals surface area contributed by atoms with Gasteiger partial charge in [0.25, 0.3) is 0 Å². The van der Waals surface area contributed by atoms with E-state index in [-0.39, 0.29) is 6.04 Å². The lowest BCUT2D eigenvalue weighted by Crippen LogP contribution is -2.29. The van der Waals surface area contributed by atoms with Crippen molar-refractivity contribution in [2.75, 3.05) is 6.54 Å². The van der Waals surface area contributed by atoms with Crippen molar-refractivity contribution in [3.63, 3.8) is 0 Å². The van der Waals surface area contributed by atoms with E-state index in [2.05, 4.69) is 15.3 Å². The number of guanidine groups is 1. The summed E-state index contributed by atoms with van der Waals surface area (Å²) in [6, 6.07) is 0.204. The highest BCUT2D eigenvalue weighted by Crippen LogP contribution is 2.17. The Morgan fingerprint density at radius 1 is 1.73 bits per heavy atom. The quantitative estimate of drug-likeness (QED) is 0.625. The van der Waals surface area contributed by atoms with Gasteiger partial charge in [0, 0.05) is 11.6 Å². The van der Waals surface area contributed by atoms with Crippen LogP contribution in [-0.2, 0) is 0 Å². The van der Waals surface area contributed by atoms with Crippen LogP contribution in [0.2, 0.25) is 0 Å². The minimum atomic E-state index is 0.204. The van der Waals surface area contributed by atoms with Crippen LogP contribution in [0.4, 0.5) is 0 Å². The molecule has 1 aliphatic heterocycles. The Kier molecular flexibility index (Phi) is 1.50. The molecule has 0 radical (unpaired) electrons. The van der Waals surface area contributed by atoms with E-state index in [0.29, 0.717) is 12.5 Å². The first-order valence-electron chi connectivity index (χ1n) is 3.32. The van der Waals surface area contributed by atoms with Crippen LogP contribution in [0.3, 0.4) is 0 Å². The highest BCUT2D eigenvalue weighted by atomic mass is 32.1. The van der Waals surface area contributed by atoms with E-state index in [1.165, 1.54) is 0 Å². The molecular formula is C6H8N4S. The van der Waals surface area contributed by atoms with Crippen LogP contribution in [0, 0.1) is 0 Å². The van der Waals surface area contributed by atoms with Crippen LogP contribution in [0.5, 0.6) is 0 Å². The molecule has 1 atom stereocenters. The first kappa shape index (κ1) is 6.60. The number of hydrogen-bond donors (Lipinski definition) is 2. The number of aliphatic imine (C=N–C) groups is 1. The summed E-state index contributed by atoms with van der Waals surface area (Å²) in [4.78, 5) is 8.18. The minimum Gasteiger partial charge on any atom is -0.370 e. The van der Waals surface area contributed by atoms with Gasteiger partial charge < -0.3 is 11.1 Å². The molecular weight excluding hydrogens is 160 g/mol. The molecule has 0 amide bonds. The molecule has 0 aromatic carbocycles. The van der Waals surface area contributed by atoms with Gasteiger partial charge in [-0.15, -0.1) is 11.3 Å². The zero-order valence-electron chi connectivity index (χ0n) is 5.82. The summed E-state index contributed by atoms with van der Waals surface area (Å²) in [5.74, 6) is 0.519. The zero-order chi connectivity index (χ0) is 7.68. The van der Waals surface area contributed by atoms with E-state index >= 15 is 0 Å². The van der Waals surface area contributed by atoms with Crippen LogP contribution >= 0.6 is 11.3 Å². The fourth-order valence-corrected chi connectivity index (χ4v) is 1.69. The van der Waals surface area contributed by atoms with Crippen molar-refractivity contribution in [1.82, 2.24) is 10.3 Å². The van der Waals surface area contributed by atoms with Crippen molar-refractivity contribution in [3.05, 3.63) is 16.6 Å². The molecule has 1 aromatic heterocycles. The fourth-order valence-electron chi connectivity index (χ4n) is 1.01. The second-order valence-electron chi connectivity index (χ2n) is 2.29. The number of nitrogens with zero attached hydrogens (tertiary/aromatic N) is 2. The monoisotopic (exact) mass is 168 g/mol. The van der Waals surface area contributed by atoms with Crippen molar-refractivity contribution in [2.24, 2.45) is 10.7 Å². The summed E-state index contributed by atoms with van der Waals surface area (Å²) in [7, 11) is 0. The standard InChI is InChI=1S/C6H8N4S/c7-6-9-3-4(10-6)5-8-1-2-11-5/h1-2,4H,3H2,(H3,7,9,10). The Hall–Kier alpha value is -1.10. The maximum Gasteiger partial charge on any atom is 0.189 e. The number of rotatable bonds is 1. The molecule has 58 valence electrons. The van der Waals surface area contributed by atoms with Crippen molar-refractivity contribution in [2.45, 2.75) is 6.04 Å². The molecule has 0 saturated carbocycles. The van der Waals surface area contributed by atoms with Crippen molar-refractivity contribution < 1.29 is 0 Å². The lowest BCUT2D eigenvalue weighted by Gasteiger charge is -2.04. The van der Waals surface area contributed by atoms with Crippen molar-refractivity contribution in [3.8, 4) is 0 Å². The molecule has 1 unspecified atom stereocenters. The molecule has 4 nitrogen and oxygen atoms in total. The number of hydrogen-bond acceptors (Lipinski definition) is 5. The van der Waals surface area contributed by atoms with Gasteiger partial charge in [-0.2, -0.15) is 0 Å². The molecule has 0 spiro atoms. The predicted octanol–water partition coefficient (Wildman–Crippen LogP) is 0.102. The largest absolute Gasteiger partial charge is 0.370 e. The summed E-state index contributed by atoms with van der Waals surface area (Å²) >= 11 is 1.62. The lowest BCUT2D eigenvalue weighted by atomic mass is 10.3. The van der Waals surface area contributed by atoms with Gasteiger partial charge in [0.05, 0.1) is 6.54 Å². The van der Waals surface area contributed by atoms with Gasteiger partial charge in [-0.3, -0.25) is 4.99 Å². The zero-order valence-corrected chi connectivity index (χ0v) is 6.64. The topological polar surface area (TPSA) is 63.3 Å². The predicted molar refractivity (Wildman–Crippen MR) is 44.5 cm³/mol. The molecule has 0 aliphatic carbocycles. The third kappa shape index (κ3) is 1.19. The maximum absolute atomic E-state index is 5.45. The third-order valence-corrected chi connectivity index (χ3v) is 2.41. The van der Waals surface area contributed by atoms with Gasteiger partial charge in [0.15, 0.2) is 5.96 Å². The second kappa shape index (κ2) is 2.50. The molecule has 5 heteroatoms. The summed E-state index contributed by atoms with van der Waals surface area (Å²) < 4.78 is 0. The normalized spacial score (nSPS) is 22.9. The summed E-state index contributed by atoms with van der Waals surface area (Å²) in [5.41, 5.74) is 5.45. The fraction of sp³-hybridized carbons (Fsp3) is 0.333.